The van der Waals surface area contributed by atoms with Crippen LogP contribution >= 0.6 is 0 Å². The highest BCUT2D eigenvalue weighted by atomic mass is 15.3. The Bertz CT molecular complexity index is 864. The molecule has 1 N–H and O–H groups in total. The van der Waals surface area contributed by atoms with Gasteiger partial charge in [0.25, 0.3) is 0 Å². The van der Waals surface area contributed by atoms with Crippen LogP contribution in [0, 0.1) is 6.92 Å². The molecule has 5 nitrogen and oxygen atoms in total. The molecule has 0 radical (unpaired) electrons. The average molecular weight is 406 g/mol. The third kappa shape index (κ3) is 4.62. The highest BCUT2D eigenvalue weighted by Gasteiger charge is 2.26. The number of rotatable bonds is 8. The summed E-state index contributed by atoms with van der Waals surface area (Å²) in [5.74, 6) is 1.92. The lowest BCUT2D eigenvalue weighted by Crippen LogP contribution is -2.45. The standard InChI is InChI=1S/C25H35N5/c1-19-17-23(22-5-6-22)18-27-25(19)30-15-13-29(14-16-30)20(2)21-7-9-24(10-8-21)28(4)12-11-26-3/h7-10,17-18,22,26H,2,5-6,11-16H2,1,3-4H3. The molecule has 1 aliphatic carbocycles. The van der Waals surface area contributed by atoms with Gasteiger partial charge in [0.05, 0.1) is 0 Å². The Morgan fingerprint density at radius 3 is 2.47 bits per heavy atom. The Morgan fingerprint density at radius 1 is 1.17 bits per heavy atom. The van der Waals surface area contributed by atoms with Crippen molar-refractivity contribution in [2.24, 2.45) is 0 Å². The molecule has 2 aliphatic rings. The predicted molar refractivity (Wildman–Crippen MR) is 127 cm³/mol. The third-order valence-corrected chi connectivity index (χ3v) is 6.42. The van der Waals surface area contributed by atoms with Crippen LogP contribution in [0.5, 0.6) is 0 Å². The molecule has 0 amide bonds. The Hall–Kier alpha value is -2.53. The minimum Gasteiger partial charge on any atom is -0.373 e. The van der Waals surface area contributed by atoms with Crippen molar-refractivity contribution in [3.05, 3.63) is 59.8 Å². The number of hydrogen-bond donors (Lipinski definition) is 1. The van der Waals surface area contributed by atoms with E-state index in [-0.39, 0.29) is 0 Å². The first-order valence-electron chi connectivity index (χ1n) is 11.2. The fourth-order valence-corrected chi connectivity index (χ4v) is 4.25. The molecule has 160 valence electrons. The number of pyridine rings is 1. The van der Waals surface area contributed by atoms with Gasteiger partial charge in [-0.25, -0.2) is 4.98 Å². The summed E-state index contributed by atoms with van der Waals surface area (Å²) in [7, 11) is 4.12. The molecule has 0 bridgehead atoms. The number of nitrogens with one attached hydrogen (secondary N) is 1. The Labute approximate surface area is 181 Å². The average Bonchev–Trinajstić information content (AvgIpc) is 3.63. The molecule has 2 fully saturated rings. The molecule has 2 heterocycles. The predicted octanol–water partition coefficient (Wildman–Crippen LogP) is 3.72. The minimum absolute atomic E-state index is 0.764. The maximum absolute atomic E-state index is 4.81. The van der Waals surface area contributed by atoms with Crippen molar-refractivity contribution in [2.45, 2.75) is 25.7 Å². The van der Waals surface area contributed by atoms with Crippen molar-refractivity contribution in [3.8, 4) is 0 Å². The third-order valence-electron chi connectivity index (χ3n) is 6.42. The van der Waals surface area contributed by atoms with Gasteiger partial charge in [0.2, 0.25) is 0 Å². The number of hydrogen-bond acceptors (Lipinski definition) is 5. The number of anilines is 2. The van der Waals surface area contributed by atoms with Gasteiger partial charge in [-0.2, -0.15) is 0 Å². The molecule has 1 aromatic carbocycles. The number of piperazine rings is 1. The lowest BCUT2D eigenvalue weighted by atomic mass is 10.1. The summed E-state index contributed by atoms with van der Waals surface area (Å²) in [6, 6.07) is 11.1. The molecule has 30 heavy (non-hydrogen) atoms. The highest BCUT2D eigenvalue weighted by Crippen LogP contribution is 2.40. The summed E-state index contributed by atoms with van der Waals surface area (Å²) in [6.07, 6.45) is 4.75. The number of aryl methyl sites for hydroxylation is 1. The van der Waals surface area contributed by atoms with Gasteiger partial charge >= 0.3 is 0 Å². The summed E-state index contributed by atoms with van der Waals surface area (Å²) >= 11 is 0. The van der Waals surface area contributed by atoms with Gasteiger partial charge in [0.15, 0.2) is 0 Å². The monoisotopic (exact) mass is 405 g/mol. The Balaban J connectivity index is 1.34. The zero-order chi connectivity index (χ0) is 21.1. The summed E-state index contributed by atoms with van der Waals surface area (Å²) < 4.78 is 0. The summed E-state index contributed by atoms with van der Waals surface area (Å²) in [5, 5.41) is 3.20. The smallest absolute Gasteiger partial charge is 0.131 e. The molecule has 0 atom stereocenters. The molecule has 0 spiro atoms. The molecule has 1 aromatic heterocycles. The van der Waals surface area contributed by atoms with Crippen LogP contribution in [0.15, 0.2) is 43.1 Å². The van der Waals surface area contributed by atoms with Gasteiger partial charge in [-0.15, -0.1) is 0 Å². The zero-order valence-electron chi connectivity index (χ0n) is 18.7. The second-order valence-corrected chi connectivity index (χ2v) is 8.68. The lowest BCUT2D eigenvalue weighted by molar-refractivity contribution is 0.366. The summed E-state index contributed by atoms with van der Waals surface area (Å²) in [4.78, 5) is 11.9. The molecule has 2 aromatic rings. The molecular weight excluding hydrogens is 370 g/mol. The first-order chi connectivity index (χ1) is 14.6. The molecule has 1 saturated heterocycles. The number of benzene rings is 1. The van der Waals surface area contributed by atoms with Gasteiger partial charge in [-0.1, -0.05) is 24.8 Å². The quantitative estimate of drug-likeness (QED) is 0.724. The van der Waals surface area contributed by atoms with Crippen LogP contribution in [-0.4, -0.2) is 63.2 Å². The molecule has 0 unspecified atom stereocenters. The highest BCUT2D eigenvalue weighted by molar-refractivity contribution is 5.65. The molecule has 1 saturated carbocycles. The van der Waals surface area contributed by atoms with Crippen molar-refractivity contribution in [2.75, 3.05) is 63.2 Å². The van der Waals surface area contributed by atoms with E-state index < -0.39 is 0 Å². The molecular formula is C25H35N5. The fraction of sp³-hybridized carbons (Fsp3) is 0.480. The first kappa shape index (κ1) is 20.7. The summed E-state index contributed by atoms with van der Waals surface area (Å²) in [5.41, 5.74) is 6.29. The zero-order valence-corrected chi connectivity index (χ0v) is 18.7. The maximum Gasteiger partial charge on any atom is 0.131 e. The van der Waals surface area contributed by atoms with Crippen LogP contribution in [0.4, 0.5) is 11.5 Å². The maximum atomic E-state index is 4.81. The van der Waals surface area contributed by atoms with E-state index in [1.165, 1.54) is 35.2 Å². The molecule has 1 aliphatic heterocycles. The Kier molecular flexibility index (Phi) is 6.28. The topological polar surface area (TPSA) is 34.6 Å². The van der Waals surface area contributed by atoms with E-state index in [2.05, 4.69) is 77.1 Å². The molecule has 5 heteroatoms. The largest absolute Gasteiger partial charge is 0.373 e. The fourth-order valence-electron chi connectivity index (χ4n) is 4.25. The van der Waals surface area contributed by atoms with Crippen molar-refractivity contribution in [1.29, 1.82) is 0 Å². The van der Waals surface area contributed by atoms with Gasteiger partial charge < -0.3 is 20.0 Å². The van der Waals surface area contributed by atoms with Crippen LogP contribution in [0.3, 0.4) is 0 Å². The van der Waals surface area contributed by atoms with Crippen molar-refractivity contribution in [3.63, 3.8) is 0 Å². The van der Waals surface area contributed by atoms with E-state index in [4.69, 9.17) is 4.98 Å². The number of nitrogens with zero attached hydrogens (tertiary/aromatic N) is 4. The normalized spacial score (nSPS) is 16.6. The van der Waals surface area contributed by atoms with Crippen LogP contribution in [0.2, 0.25) is 0 Å². The van der Waals surface area contributed by atoms with Crippen LogP contribution in [-0.2, 0) is 0 Å². The molecule has 4 rings (SSSR count). The van der Waals surface area contributed by atoms with Crippen LogP contribution in [0.1, 0.15) is 35.4 Å². The SMILES string of the molecule is C=C(c1ccc(N(C)CCNC)cc1)N1CCN(c2ncc(C3CC3)cc2C)CC1. The van der Waals surface area contributed by atoms with E-state index in [1.807, 2.05) is 7.05 Å². The van der Waals surface area contributed by atoms with Crippen molar-refractivity contribution < 1.29 is 0 Å². The van der Waals surface area contributed by atoms with Crippen LogP contribution < -0.4 is 15.1 Å². The first-order valence-corrected chi connectivity index (χ1v) is 11.2. The van der Waals surface area contributed by atoms with Crippen LogP contribution in [0.25, 0.3) is 5.70 Å². The van der Waals surface area contributed by atoms with E-state index >= 15 is 0 Å². The second-order valence-electron chi connectivity index (χ2n) is 8.68. The lowest BCUT2D eigenvalue weighted by Gasteiger charge is -2.38. The van der Waals surface area contributed by atoms with E-state index in [0.717, 1.165) is 56.7 Å². The van der Waals surface area contributed by atoms with Gasteiger partial charge in [0, 0.05) is 63.9 Å². The van der Waals surface area contributed by atoms with Crippen molar-refractivity contribution >= 4 is 17.2 Å². The van der Waals surface area contributed by atoms with E-state index in [1.54, 1.807) is 0 Å². The Morgan fingerprint density at radius 2 is 1.87 bits per heavy atom. The second kappa shape index (κ2) is 9.09. The van der Waals surface area contributed by atoms with E-state index in [0.29, 0.717) is 0 Å². The summed E-state index contributed by atoms with van der Waals surface area (Å²) in [6.45, 7) is 12.5. The van der Waals surface area contributed by atoms with Crippen molar-refractivity contribution in [1.82, 2.24) is 15.2 Å². The minimum atomic E-state index is 0.764. The number of aromatic nitrogens is 1. The van der Waals surface area contributed by atoms with E-state index in [9.17, 15) is 0 Å². The number of likely N-dealkylation sites (N-methyl/N-ethyl adjacent to an activating group) is 2. The van der Waals surface area contributed by atoms with Gasteiger partial charge in [-0.3, -0.25) is 0 Å². The van der Waals surface area contributed by atoms with Gasteiger partial charge in [0.1, 0.15) is 5.82 Å². The van der Waals surface area contributed by atoms with Gasteiger partial charge in [-0.05, 0) is 61.6 Å².